The maximum absolute atomic E-state index is 15.4. The molecule has 0 unspecified atom stereocenters. The molecule has 11 atom stereocenters. The highest BCUT2D eigenvalue weighted by Gasteiger charge is 2.60. The Kier molecular flexibility index (Phi) is 27.9. The van der Waals surface area contributed by atoms with E-state index >= 15 is 24.0 Å². The maximum atomic E-state index is 15.4. The van der Waals surface area contributed by atoms with Crippen LogP contribution in [-0.2, 0) is 82.7 Å². The zero-order valence-electron chi connectivity index (χ0n) is 61.9. The molecule has 1 aliphatic carbocycles. The van der Waals surface area contributed by atoms with Crippen LogP contribution in [0.2, 0.25) is 5.02 Å². The van der Waals surface area contributed by atoms with Crippen molar-refractivity contribution in [3.8, 4) is 0 Å². The van der Waals surface area contributed by atoms with Gasteiger partial charge in [0.2, 0.25) is 70.9 Å². The van der Waals surface area contributed by atoms with Gasteiger partial charge in [0, 0.05) is 80.3 Å². The summed E-state index contributed by atoms with van der Waals surface area (Å²) in [7, 11) is 7.98. The topological polar surface area (TPSA) is 270 Å². The Labute approximate surface area is 609 Å². The molecule has 31 heteroatoms. The van der Waals surface area contributed by atoms with Crippen LogP contribution in [0.1, 0.15) is 161 Å². The van der Waals surface area contributed by atoms with Gasteiger partial charge in [-0.05, 0) is 118 Å². The molecule has 0 bridgehead atoms. The Morgan fingerprint density at radius 3 is 1.82 bits per heavy atom. The van der Waals surface area contributed by atoms with E-state index in [1.54, 1.807) is 32.6 Å². The molecule has 2 aromatic carbocycles. The number of amides is 12. The zero-order valence-corrected chi connectivity index (χ0v) is 62.6. The first-order valence-corrected chi connectivity index (χ1v) is 36.5. The summed E-state index contributed by atoms with van der Waals surface area (Å²) < 4.78 is 83.3. The van der Waals surface area contributed by atoms with Gasteiger partial charge in [0.1, 0.15) is 54.4 Å². The van der Waals surface area contributed by atoms with Crippen LogP contribution in [-0.4, -0.2) is 250 Å². The number of alkyl halides is 6. The molecule has 2 aromatic rings. The number of nitrogens with zero attached hydrogens (tertiary/aromatic N) is 9. The summed E-state index contributed by atoms with van der Waals surface area (Å²) in [6.45, 7) is 11.3. The van der Waals surface area contributed by atoms with Gasteiger partial charge in [-0.15, -0.1) is 0 Å². The van der Waals surface area contributed by atoms with Crippen LogP contribution in [0.4, 0.5) is 26.3 Å². The van der Waals surface area contributed by atoms with E-state index < -0.39 is 197 Å². The lowest BCUT2D eigenvalue weighted by Crippen LogP contribution is -2.73. The second-order valence-corrected chi connectivity index (χ2v) is 29.9. The van der Waals surface area contributed by atoms with E-state index in [0.29, 0.717) is 64.5 Å². The maximum Gasteiger partial charge on any atom is 0.417 e. The van der Waals surface area contributed by atoms with Crippen LogP contribution >= 0.6 is 11.6 Å². The Balaban J connectivity index is 1.30. The van der Waals surface area contributed by atoms with Gasteiger partial charge in [0.15, 0.2) is 0 Å². The summed E-state index contributed by atoms with van der Waals surface area (Å²) in [6, 6.07) is -5.38. The molecule has 576 valence electrons. The number of benzene rings is 2. The fraction of sp³-hybridized carbons (Fsp3) is 0.671. The summed E-state index contributed by atoms with van der Waals surface area (Å²) in [6.07, 6.45) is -6.28. The molecule has 4 saturated heterocycles. The SMILES string of the molecule is CC[C@H](C)[C@@H]1NC(=O)[C@H](CC(C)C)N(C)C(=O)C[C@H](C(=O)N2CCCC2)N(C)C(=O)[C@H]([C@@H](C)CC)N(C)C(=O)CNC(=O)[C@@H]2CCCN2C(=O)[C@H](CCc2ccc(C(F)(F)F)c(Cl)c2)NC(=O)CN(C)C(=O)[C@H](Cc2ccc(C(F)(F)F)cc2)N(C)C(=O)[C@@H]2CC3(CCCC3)N2C(=O)[C@H](C)N(C)C1=O. The summed E-state index contributed by atoms with van der Waals surface area (Å²) >= 11 is 6.11. The minimum atomic E-state index is -4.81. The highest BCUT2D eigenvalue weighted by molar-refractivity contribution is 6.31. The molecular weight excluding hydrogens is 1390 g/mol. The van der Waals surface area contributed by atoms with Gasteiger partial charge >= 0.3 is 12.4 Å². The number of halogens is 7. The van der Waals surface area contributed by atoms with Crippen LogP contribution in [0.15, 0.2) is 42.5 Å². The molecule has 3 N–H and O–H groups in total. The van der Waals surface area contributed by atoms with Crippen LogP contribution in [0, 0.1) is 17.8 Å². The molecule has 1 saturated carbocycles. The number of likely N-dealkylation sites (N-methyl/N-ethyl adjacent to an activating group) is 6. The standard InChI is InChI=1S/C73H103ClF6N12O12/c1-14-43(5)60-69(103)85(9)45(7)64(98)92-56(39-71(92)30-16-17-31-71)67(101)87(11)54(37-47-22-26-48(27-23-47)72(75,76)77)66(100)84(8)41-57(93)82-51(29-25-46-24-28-49(50(74)36-46)73(78,79)80)65(99)91-34-20-21-52(91)62(96)81-40-59(95)89(13)61(44(6)15-2)70(104)88(12)55(68(102)90-32-18-19-33-90)38-58(94)86(10)53(35-42(3)4)63(97)83-60/h22-24,26-28,36,42-45,51-56,60-61H,14-21,25,29-35,37-41H2,1-13H3,(H,81,96)(H,82,93)(H,83,97)/t43-,44-,45-,51-,52-,53-,54-,55+,56-,60-,61-/m0/s1. The highest BCUT2D eigenvalue weighted by atomic mass is 35.5. The van der Waals surface area contributed by atoms with E-state index in [2.05, 4.69) is 16.0 Å². The Hall–Kier alpha value is -8.05. The lowest BCUT2D eigenvalue weighted by Gasteiger charge is -2.58. The van der Waals surface area contributed by atoms with Crippen molar-refractivity contribution in [3.63, 3.8) is 0 Å². The van der Waals surface area contributed by atoms with Crippen LogP contribution in [0.3, 0.4) is 0 Å². The molecule has 0 radical (unpaired) electrons. The van der Waals surface area contributed by atoms with Crippen LogP contribution in [0.5, 0.6) is 0 Å². The van der Waals surface area contributed by atoms with Crippen molar-refractivity contribution >= 4 is 82.5 Å². The van der Waals surface area contributed by atoms with Crippen molar-refractivity contribution in [2.75, 3.05) is 75.0 Å². The molecule has 1 spiro atoms. The quantitative estimate of drug-likeness (QED) is 0.197. The summed E-state index contributed by atoms with van der Waals surface area (Å²) in [5.74, 6) is -10.5. The molecule has 4 aliphatic heterocycles. The van der Waals surface area contributed by atoms with Crippen molar-refractivity contribution in [2.24, 2.45) is 17.8 Å². The van der Waals surface area contributed by atoms with E-state index in [0.717, 1.165) is 62.1 Å². The highest BCUT2D eigenvalue weighted by Crippen LogP contribution is 2.50. The third-order valence-electron chi connectivity index (χ3n) is 22.0. The largest absolute Gasteiger partial charge is 0.417 e. The molecule has 24 nitrogen and oxygen atoms in total. The van der Waals surface area contributed by atoms with E-state index in [9.17, 15) is 59.9 Å². The first kappa shape index (κ1) is 83.2. The number of carbonyl (C=O) groups excluding carboxylic acids is 12. The molecule has 5 fully saturated rings. The first-order valence-electron chi connectivity index (χ1n) is 36.1. The predicted octanol–water partition coefficient (Wildman–Crippen LogP) is 6.32. The van der Waals surface area contributed by atoms with E-state index in [-0.39, 0.29) is 62.1 Å². The number of likely N-dealkylation sites (tertiary alicyclic amines) is 1. The smallest absolute Gasteiger partial charge is 0.345 e. The van der Waals surface area contributed by atoms with Gasteiger partial charge in [0.05, 0.1) is 35.7 Å². The average Bonchev–Trinajstić information content (AvgIpc) is 1.30. The zero-order chi connectivity index (χ0) is 77.4. The normalized spacial score (nSPS) is 26.4. The Morgan fingerprint density at radius 1 is 0.625 bits per heavy atom. The number of fused-ring (bicyclic) bond motifs is 3. The van der Waals surface area contributed by atoms with Crippen molar-refractivity contribution in [2.45, 2.75) is 223 Å². The van der Waals surface area contributed by atoms with Gasteiger partial charge in [-0.25, -0.2) is 0 Å². The first-order chi connectivity index (χ1) is 48.7. The van der Waals surface area contributed by atoms with Gasteiger partial charge in [0.25, 0.3) is 0 Å². The molecular formula is C73H103ClF6N12O12. The summed E-state index contributed by atoms with van der Waals surface area (Å²) in [5, 5.41) is 7.49. The lowest BCUT2D eigenvalue weighted by molar-refractivity contribution is -0.175. The van der Waals surface area contributed by atoms with Crippen molar-refractivity contribution in [3.05, 3.63) is 69.7 Å². The van der Waals surface area contributed by atoms with Crippen LogP contribution in [0.25, 0.3) is 0 Å². The summed E-state index contributed by atoms with van der Waals surface area (Å²) in [4.78, 5) is 190. The predicted molar refractivity (Wildman–Crippen MR) is 373 cm³/mol. The molecule has 12 amide bonds. The molecule has 4 heterocycles. The fourth-order valence-electron chi connectivity index (χ4n) is 15.0. The number of hydrogen-bond acceptors (Lipinski definition) is 12. The number of nitrogens with one attached hydrogen (secondary N) is 3. The van der Waals surface area contributed by atoms with Gasteiger partial charge in [-0.3, -0.25) is 57.5 Å². The Morgan fingerprint density at radius 2 is 1.24 bits per heavy atom. The van der Waals surface area contributed by atoms with E-state index in [1.807, 2.05) is 13.8 Å². The second-order valence-electron chi connectivity index (χ2n) is 29.5. The second kappa shape index (κ2) is 34.9. The minimum absolute atomic E-state index is 0.0523. The summed E-state index contributed by atoms with van der Waals surface area (Å²) in [5.41, 5.74) is -2.62. The lowest BCUT2D eigenvalue weighted by atomic mass is 9.75. The van der Waals surface area contributed by atoms with Crippen LogP contribution < -0.4 is 16.0 Å². The van der Waals surface area contributed by atoms with Gasteiger partial charge in [-0.1, -0.05) is 97.0 Å². The number of carbonyl (C=O) groups is 12. The molecule has 0 aromatic heterocycles. The molecule has 7 rings (SSSR count). The third kappa shape index (κ3) is 19.1. The average molecular weight is 1490 g/mol. The third-order valence-corrected chi connectivity index (χ3v) is 22.3. The van der Waals surface area contributed by atoms with Crippen molar-refractivity contribution in [1.82, 2.24) is 60.0 Å². The van der Waals surface area contributed by atoms with Crippen molar-refractivity contribution < 1.29 is 83.9 Å². The molecule has 104 heavy (non-hydrogen) atoms. The van der Waals surface area contributed by atoms with E-state index in [4.69, 9.17) is 11.6 Å². The molecule has 5 aliphatic rings. The van der Waals surface area contributed by atoms with Gasteiger partial charge in [-0.2, -0.15) is 26.3 Å². The monoisotopic (exact) mass is 1490 g/mol. The fourth-order valence-corrected chi connectivity index (χ4v) is 15.3. The number of aryl methyl sites for hydroxylation is 1. The number of rotatable bonds is 12. The van der Waals surface area contributed by atoms with Crippen molar-refractivity contribution in [1.29, 1.82) is 0 Å². The van der Waals surface area contributed by atoms with Gasteiger partial charge < -0.3 is 60.0 Å². The number of hydrogen-bond donors (Lipinski definition) is 3. The minimum Gasteiger partial charge on any atom is -0.345 e. The Bertz CT molecular complexity index is 3500. The van der Waals surface area contributed by atoms with E-state index in [1.165, 1.54) is 68.8 Å².